The van der Waals surface area contributed by atoms with Crippen LogP contribution in [0.4, 0.5) is 11.4 Å². The fourth-order valence-corrected chi connectivity index (χ4v) is 1.70. The van der Waals surface area contributed by atoms with Gasteiger partial charge in [-0.3, -0.25) is 0 Å². The van der Waals surface area contributed by atoms with Gasteiger partial charge in [-0.2, -0.15) is 0 Å². The van der Waals surface area contributed by atoms with Gasteiger partial charge in [0.2, 0.25) is 0 Å². The first-order valence-corrected chi connectivity index (χ1v) is 6.36. The minimum atomic E-state index is 0.271. The van der Waals surface area contributed by atoms with Crippen molar-refractivity contribution in [2.75, 3.05) is 31.4 Å². The van der Waals surface area contributed by atoms with Crippen molar-refractivity contribution in [1.29, 1.82) is 0 Å². The van der Waals surface area contributed by atoms with Gasteiger partial charge in [0.25, 0.3) is 0 Å². The summed E-state index contributed by atoms with van der Waals surface area (Å²) in [5, 5.41) is 3.44. The second-order valence-corrected chi connectivity index (χ2v) is 4.64. The number of nitrogens with one attached hydrogen (secondary N) is 1. The molecule has 3 N–H and O–H groups in total. The molecule has 1 unspecified atom stereocenters. The van der Waals surface area contributed by atoms with Crippen LogP contribution < -0.4 is 15.8 Å². The van der Waals surface area contributed by atoms with Gasteiger partial charge in [0.1, 0.15) is 5.75 Å². The zero-order valence-corrected chi connectivity index (χ0v) is 11.7. The summed E-state index contributed by atoms with van der Waals surface area (Å²) in [4.78, 5) is 0. The molecule has 1 aromatic carbocycles. The number of ether oxygens (including phenoxy) is 2. The molecule has 1 aromatic rings. The highest BCUT2D eigenvalue weighted by Crippen LogP contribution is 2.26. The summed E-state index contributed by atoms with van der Waals surface area (Å²) in [7, 11) is 1.71. The highest BCUT2D eigenvalue weighted by atomic mass is 16.5. The Kier molecular flexibility index (Phi) is 5.78. The van der Waals surface area contributed by atoms with Crippen LogP contribution in [-0.4, -0.2) is 26.4 Å². The molecule has 1 rings (SSSR count). The first kappa shape index (κ1) is 14.6. The Bertz CT molecular complexity index is 367. The number of nitrogen functional groups attached to an aromatic ring is 1. The van der Waals surface area contributed by atoms with E-state index in [9.17, 15) is 0 Å². The molecule has 0 aliphatic rings. The molecule has 0 spiro atoms. The third-order valence-corrected chi connectivity index (χ3v) is 2.82. The van der Waals surface area contributed by atoms with Gasteiger partial charge in [0.05, 0.1) is 24.9 Å². The van der Waals surface area contributed by atoms with Gasteiger partial charge in [0.15, 0.2) is 0 Å². The molecule has 0 aliphatic carbocycles. The molecule has 0 saturated heterocycles. The predicted molar refractivity (Wildman–Crippen MR) is 76.1 cm³/mol. The monoisotopic (exact) mass is 252 g/mol. The summed E-state index contributed by atoms with van der Waals surface area (Å²) in [5.74, 6) is 1.21. The van der Waals surface area contributed by atoms with E-state index in [4.69, 9.17) is 15.2 Å². The van der Waals surface area contributed by atoms with Crippen LogP contribution in [0.5, 0.6) is 5.75 Å². The second-order valence-electron chi connectivity index (χ2n) is 4.64. The molecule has 0 bridgehead atoms. The summed E-state index contributed by atoms with van der Waals surface area (Å²) in [6.45, 7) is 7.56. The van der Waals surface area contributed by atoms with Crippen LogP contribution in [0.2, 0.25) is 0 Å². The third-order valence-electron chi connectivity index (χ3n) is 2.82. The Morgan fingerprint density at radius 3 is 2.61 bits per heavy atom. The number of methoxy groups -OCH3 is 1. The van der Waals surface area contributed by atoms with Gasteiger partial charge in [-0.15, -0.1) is 0 Å². The van der Waals surface area contributed by atoms with Gasteiger partial charge in [-0.05, 0) is 25.0 Å². The molecule has 0 fully saturated rings. The molecule has 0 aromatic heterocycles. The predicted octanol–water partition coefficient (Wildman–Crippen LogP) is 2.75. The Hall–Kier alpha value is -1.42. The van der Waals surface area contributed by atoms with E-state index < -0.39 is 0 Å². The fraction of sp³-hybridized carbons (Fsp3) is 0.571. The van der Waals surface area contributed by atoms with E-state index in [2.05, 4.69) is 19.2 Å². The lowest BCUT2D eigenvalue weighted by molar-refractivity contribution is 0.171. The van der Waals surface area contributed by atoms with Crippen molar-refractivity contribution >= 4 is 11.4 Å². The Morgan fingerprint density at radius 2 is 2.06 bits per heavy atom. The molecule has 1 atom stereocenters. The number of nitrogens with two attached hydrogens (primary N) is 1. The minimum absolute atomic E-state index is 0.271. The fourth-order valence-electron chi connectivity index (χ4n) is 1.70. The lowest BCUT2D eigenvalue weighted by Gasteiger charge is -2.23. The van der Waals surface area contributed by atoms with Crippen LogP contribution in [0.15, 0.2) is 18.2 Å². The van der Waals surface area contributed by atoms with Gasteiger partial charge < -0.3 is 20.5 Å². The van der Waals surface area contributed by atoms with Crippen molar-refractivity contribution in [3.8, 4) is 5.75 Å². The second kappa shape index (κ2) is 7.11. The average Bonchev–Trinajstić information content (AvgIpc) is 2.33. The Morgan fingerprint density at radius 1 is 1.33 bits per heavy atom. The quantitative estimate of drug-likeness (QED) is 0.733. The SMILES string of the molecule is CCOc1cc(NC(COC)C(C)C)ccc1N. The molecule has 18 heavy (non-hydrogen) atoms. The first-order chi connectivity index (χ1) is 8.58. The van der Waals surface area contributed by atoms with E-state index in [-0.39, 0.29) is 6.04 Å². The van der Waals surface area contributed by atoms with Crippen LogP contribution in [0.1, 0.15) is 20.8 Å². The van der Waals surface area contributed by atoms with Crippen LogP contribution in [0.25, 0.3) is 0 Å². The highest BCUT2D eigenvalue weighted by molar-refractivity contribution is 5.61. The molecule has 0 saturated carbocycles. The normalized spacial score (nSPS) is 12.5. The zero-order chi connectivity index (χ0) is 13.5. The highest BCUT2D eigenvalue weighted by Gasteiger charge is 2.13. The van der Waals surface area contributed by atoms with Crippen molar-refractivity contribution in [2.24, 2.45) is 5.92 Å². The number of rotatable bonds is 7. The van der Waals surface area contributed by atoms with Gasteiger partial charge in [-0.25, -0.2) is 0 Å². The van der Waals surface area contributed by atoms with Gasteiger partial charge in [0, 0.05) is 18.9 Å². The topological polar surface area (TPSA) is 56.5 Å². The van der Waals surface area contributed by atoms with Crippen LogP contribution in [-0.2, 0) is 4.74 Å². The molecular formula is C14H24N2O2. The van der Waals surface area contributed by atoms with Crippen LogP contribution in [0, 0.1) is 5.92 Å². The standard InChI is InChI=1S/C14H24N2O2/c1-5-18-14-8-11(6-7-12(14)15)16-13(9-17-4)10(2)3/h6-8,10,13,16H,5,9,15H2,1-4H3. The van der Waals surface area contributed by atoms with Crippen molar-refractivity contribution in [2.45, 2.75) is 26.8 Å². The molecule has 0 aliphatic heterocycles. The molecule has 4 nitrogen and oxygen atoms in total. The summed E-state index contributed by atoms with van der Waals surface area (Å²) < 4.78 is 10.7. The van der Waals surface area contributed by atoms with Crippen molar-refractivity contribution in [3.63, 3.8) is 0 Å². The summed E-state index contributed by atoms with van der Waals surface area (Å²) in [6.07, 6.45) is 0. The van der Waals surface area contributed by atoms with E-state index in [1.165, 1.54) is 0 Å². The van der Waals surface area contributed by atoms with E-state index in [1.54, 1.807) is 7.11 Å². The summed E-state index contributed by atoms with van der Waals surface area (Å²) >= 11 is 0. The smallest absolute Gasteiger partial charge is 0.144 e. The largest absolute Gasteiger partial charge is 0.492 e. The summed E-state index contributed by atoms with van der Waals surface area (Å²) in [6, 6.07) is 6.03. The van der Waals surface area contributed by atoms with Crippen molar-refractivity contribution in [3.05, 3.63) is 18.2 Å². The number of anilines is 2. The van der Waals surface area contributed by atoms with E-state index >= 15 is 0 Å². The zero-order valence-electron chi connectivity index (χ0n) is 11.7. The lowest BCUT2D eigenvalue weighted by Crippen LogP contribution is -2.30. The number of hydrogen-bond donors (Lipinski definition) is 2. The lowest BCUT2D eigenvalue weighted by atomic mass is 10.0. The molecule has 102 valence electrons. The first-order valence-electron chi connectivity index (χ1n) is 6.36. The van der Waals surface area contributed by atoms with Crippen LogP contribution >= 0.6 is 0 Å². The van der Waals surface area contributed by atoms with Gasteiger partial charge in [-0.1, -0.05) is 13.8 Å². The molecule has 0 amide bonds. The van der Waals surface area contributed by atoms with Gasteiger partial charge >= 0.3 is 0 Å². The molecular weight excluding hydrogens is 228 g/mol. The Labute approximate surface area is 109 Å². The van der Waals surface area contributed by atoms with E-state index in [1.807, 2.05) is 25.1 Å². The average molecular weight is 252 g/mol. The molecule has 4 heteroatoms. The maximum absolute atomic E-state index is 5.85. The Balaban J connectivity index is 2.79. The molecule has 0 heterocycles. The van der Waals surface area contributed by atoms with E-state index in [0.717, 1.165) is 11.4 Å². The van der Waals surface area contributed by atoms with Crippen molar-refractivity contribution < 1.29 is 9.47 Å². The maximum Gasteiger partial charge on any atom is 0.144 e. The van der Waals surface area contributed by atoms with Crippen molar-refractivity contribution in [1.82, 2.24) is 0 Å². The maximum atomic E-state index is 5.85. The minimum Gasteiger partial charge on any atom is -0.492 e. The molecule has 0 radical (unpaired) electrons. The third kappa shape index (κ3) is 4.11. The van der Waals surface area contributed by atoms with Crippen LogP contribution in [0.3, 0.4) is 0 Å². The van der Waals surface area contributed by atoms with E-state index in [0.29, 0.717) is 24.8 Å². The summed E-state index contributed by atoms with van der Waals surface area (Å²) in [5.41, 5.74) is 7.51. The number of hydrogen-bond acceptors (Lipinski definition) is 4. The number of benzene rings is 1.